The van der Waals surface area contributed by atoms with Gasteiger partial charge < -0.3 is 9.32 Å². The normalized spacial score (nSPS) is 11.3. The zero-order valence-electron chi connectivity index (χ0n) is 29.6. The van der Waals surface area contributed by atoms with E-state index in [1.165, 1.54) is 38.8 Å². The minimum Gasteiger partial charge on any atom is -0.455 e. The minimum atomic E-state index is 0.885. The fraction of sp³-hybridized carbons (Fsp3) is 0. The van der Waals surface area contributed by atoms with Gasteiger partial charge in [-0.15, -0.1) is 0 Å². The number of para-hydroxylation sites is 2. The predicted molar refractivity (Wildman–Crippen MR) is 228 cm³/mol. The predicted octanol–water partition coefficient (Wildman–Crippen LogP) is 14.9. The molecule has 254 valence electrons. The van der Waals surface area contributed by atoms with Gasteiger partial charge in [0.1, 0.15) is 11.2 Å². The zero-order chi connectivity index (χ0) is 35.8. The van der Waals surface area contributed by atoms with E-state index in [2.05, 4.69) is 217 Å². The van der Waals surface area contributed by atoms with Crippen molar-refractivity contribution in [1.82, 2.24) is 0 Å². The molecule has 0 unspecified atom stereocenters. The van der Waals surface area contributed by atoms with Crippen LogP contribution in [0.4, 0.5) is 17.1 Å². The zero-order valence-corrected chi connectivity index (χ0v) is 29.6. The highest BCUT2D eigenvalue weighted by atomic mass is 16.3. The van der Waals surface area contributed by atoms with Crippen molar-refractivity contribution in [2.75, 3.05) is 4.90 Å². The molecular weight excluding hydrogens is 655 g/mol. The van der Waals surface area contributed by atoms with Gasteiger partial charge in [-0.05, 0) is 86.8 Å². The fourth-order valence-corrected chi connectivity index (χ4v) is 7.93. The second kappa shape index (κ2) is 13.4. The number of rotatable bonds is 7. The van der Waals surface area contributed by atoms with Crippen LogP contribution in [0, 0.1) is 0 Å². The molecule has 1 aromatic heterocycles. The van der Waals surface area contributed by atoms with E-state index in [1.807, 2.05) is 0 Å². The van der Waals surface area contributed by atoms with Gasteiger partial charge in [0, 0.05) is 33.1 Å². The molecule has 0 amide bonds. The number of anilines is 3. The van der Waals surface area contributed by atoms with Gasteiger partial charge in [0.2, 0.25) is 0 Å². The first kappa shape index (κ1) is 31.6. The van der Waals surface area contributed by atoms with Gasteiger partial charge in [-0.3, -0.25) is 0 Å². The molecule has 0 aliphatic carbocycles. The average Bonchev–Trinajstić information content (AvgIpc) is 3.64. The Balaban J connectivity index is 1.11. The molecule has 0 saturated carbocycles. The topological polar surface area (TPSA) is 16.4 Å². The summed E-state index contributed by atoms with van der Waals surface area (Å²) in [5.74, 6) is 0. The maximum atomic E-state index is 6.72. The van der Waals surface area contributed by atoms with E-state index in [1.54, 1.807) is 0 Å². The van der Waals surface area contributed by atoms with Crippen LogP contribution < -0.4 is 4.90 Å². The molecule has 9 aromatic carbocycles. The lowest BCUT2D eigenvalue weighted by molar-refractivity contribution is 0.673. The van der Waals surface area contributed by atoms with Crippen LogP contribution in [-0.4, -0.2) is 0 Å². The average molecular weight is 690 g/mol. The van der Waals surface area contributed by atoms with Crippen LogP contribution in [0.5, 0.6) is 0 Å². The molecule has 0 aliphatic rings. The van der Waals surface area contributed by atoms with Gasteiger partial charge in [0.05, 0.1) is 5.69 Å². The maximum absolute atomic E-state index is 6.72. The Morgan fingerprint density at radius 3 is 1.56 bits per heavy atom. The third kappa shape index (κ3) is 5.53. The summed E-state index contributed by atoms with van der Waals surface area (Å²) in [5.41, 5.74) is 14.6. The Morgan fingerprint density at radius 2 is 0.815 bits per heavy atom. The summed E-state index contributed by atoms with van der Waals surface area (Å²) in [6.07, 6.45) is 0. The summed E-state index contributed by atoms with van der Waals surface area (Å²) in [6.45, 7) is 0. The van der Waals surface area contributed by atoms with Crippen LogP contribution in [0.25, 0.3) is 77.2 Å². The Kier molecular flexibility index (Phi) is 7.85. The molecule has 1 heterocycles. The fourth-order valence-electron chi connectivity index (χ4n) is 7.93. The van der Waals surface area contributed by atoms with Gasteiger partial charge in [-0.2, -0.15) is 0 Å². The molecule has 0 radical (unpaired) electrons. The third-order valence-electron chi connectivity index (χ3n) is 10.5. The van der Waals surface area contributed by atoms with Crippen LogP contribution in [0.3, 0.4) is 0 Å². The van der Waals surface area contributed by atoms with Crippen LogP contribution in [0.2, 0.25) is 0 Å². The SMILES string of the molecule is c1ccc(-c2ccc(-c3cc4c(oc5cccc(-c6ccc(N(c7ccccc7)c7ccccc7-c7ccccc7)cc6)c54)c4ccccc34)cc2)cc1. The van der Waals surface area contributed by atoms with Crippen molar-refractivity contribution in [1.29, 1.82) is 0 Å². The van der Waals surface area contributed by atoms with Gasteiger partial charge in [-0.1, -0.05) is 170 Å². The second-order valence-corrected chi connectivity index (χ2v) is 13.7. The van der Waals surface area contributed by atoms with Crippen molar-refractivity contribution >= 4 is 49.8 Å². The maximum Gasteiger partial charge on any atom is 0.143 e. The van der Waals surface area contributed by atoms with E-state index in [0.29, 0.717) is 0 Å². The lowest BCUT2D eigenvalue weighted by Gasteiger charge is -2.28. The van der Waals surface area contributed by atoms with E-state index in [0.717, 1.165) is 55.5 Å². The highest BCUT2D eigenvalue weighted by Crippen LogP contribution is 2.45. The summed E-state index contributed by atoms with van der Waals surface area (Å²) in [5, 5.41) is 4.54. The van der Waals surface area contributed by atoms with Gasteiger partial charge in [0.15, 0.2) is 0 Å². The first-order valence-electron chi connectivity index (χ1n) is 18.4. The second-order valence-electron chi connectivity index (χ2n) is 13.7. The van der Waals surface area contributed by atoms with E-state index in [9.17, 15) is 0 Å². The quantitative estimate of drug-likeness (QED) is 0.166. The van der Waals surface area contributed by atoms with Gasteiger partial charge in [0.25, 0.3) is 0 Å². The van der Waals surface area contributed by atoms with Crippen molar-refractivity contribution < 1.29 is 4.42 Å². The minimum absolute atomic E-state index is 0.885. The van der Waals surface area contributed by atoms with Gasteiger partial charge >= 0.3 is 0 Å². The molecular formula is C52H35NO. The van der Waals surface area contributed by atoms with E-state index >= 15 is 0 Å². The number of nitrogens with zero attached hydrogens (tertiary/aromatic N) is 1. The first-order chi connectivity index (χ1) is 26.8. The molecule has 0 fully saturated rings. The van der Waals surface area contributed by atoms with Crippen molar-refractivity contribution in [2.45, 2.75) is 0 Å². The molecule has 10 aromatic rings. The molecule has 54 heavy (non-hydrogen) atoms. The van der Waals surface area contributed by atoms with Crippen LogP contribution in [0.15, 0.2) is 217 Å². The Labute approximate surface area is 314 Å². The molecule has 0 atom stereocenters. The van der Waals surface area contributed by atoms with E-state index in [4.69, 9.17) is 4.42 Å². The van der Waals surface area contributed by atoms with Crippen LogP contribution >= 0.6 is 0 Å². The smallest absolute Gasteiger partial charge is 0.143 e. The summed E-state index contributed by atoms with van der Waals surface area (Å²) in [7, 11) is 0. The van der Waals surface area contributed by atoms with E-state index in [-0.39, 0.29) is 0 Å². The van der Waals surface area contributed by atoms with Crippen molar-refractivity contribution in [3.8, 4) is 44.5 Å². The summed E-state index contributed by atoms with van der Waals surface area (Å²) in [4.78, 5) is 2.35. The number of furan rings is 1. The molecule has 2 nitrogen and oxygen atoms in total. The Morgan fingerprint density at radius 1 is 0.315 bits per heavy atom. The van der Waals surface area contributed by atoms with Crippen molar-refractivity contribution in [3.63, 3.8) is 0 Å². The standard InChI is InChI=1S/C52H35NO/c1-4-15-36(16-5-1)37-27-29-40(30-28-37)47-35-48-51-44(24-14-26-50(51)54-52(48)46-23-11-10-22-45(46)47)39-31-33-42(34-32-39)53(41-19-8-3-9-20-41)49-25-13-12-21-43(49)38-17-6-2-7-18-38/h1-35H. The Hall–Kier alpha value is -7.16. The third-order valence-corrected chi connectivity index (χ3v) is 10.5. The number of benzene rings is 9. The van der Waals surface area contributed by atoms with Crippen molar-refractivity contribution in [2.24, 2.45) is 0 Å². The molecule has 0 aliphatic heterocycles. The first-order valence-corrected chi connectivity index (χ1v) is 18.4. The molecule has 0 N–H and O–H groups in total. The van der Waals surface area contributed by atoms with Gasteiger partial charge in [-0.25, -0.2) is 0 Å². The molecule has 0 saturated heterocycles. The highest BCUT2D eigenvalue weighted by molar-refractivity contribution is 6.22. The van der Waals surface area contributed by atoms with Crippen LogP contribution in [-0.2, 0) is 0 Å². The molecule has 0 spiro atoms. The molecule has 0 bridgehead atoms. The summed E-state index contributed by atoms with van der Waals surface area (Å²) >= 11 is 0. The number of fused-ring (bicyclic) bond motifs is 5. The van der Waals surface area contributed by atoms with Crippen LogP contribution in [0.1, 0.15) is 0 Å². The molecule has 10 rings (SSSR count). The lowest BCUT2D eigenvalue weighted by atomic mass is 9.92. The lowest BCUT2D eigenvalue weighted by Crippen LogP contribution is -2.11. The largest absolute Gasteiger partial charge is 0.455 e. The number of hydrogen-bond acceptors (Lipinski definition) is 2. The highest BCUT2D eigenvalue weighted by Gasteiger charge is 2.20. The van der Waals surface area contributed by atoms with E-state index < -0.39 is 0 Å². The summed E-state index contributed by atoms with van der Waals surface area (Å²) < 4.78 is 6.72. The molecule has 2 heteroatoms. The summed E-state index contributed by atoms with van der Waals surface area (Å²) in [6, 6.07) is 75.7. The van der Waals surface area contributed by atoms with Crippen molar-refractivity contribution in [3.05, 3.63) is 212 Å². The number of hydrogen-bond donors (Lipinski definition) is 0. The Bertz CT molecular complexity index is 2890. The monoisotopic (exact) mass is 689 g/mol.